The van der Waals surface area contributed by atoms with E-state index in [9.17, 15) is 19.5 Å². The molecule has 4 atom stereocenters. The number of ether oxygens (including phenoxy) is 2. The van der Waals surface area contributed by atoms with Gasteiger partial charge in [0.05, 0.1) is 33.2 Å². The molecule has 0 saturated heterocycles. The SMILES string of the molecule is CC(C)c1nc(COC(=O)N[C@H](C(=O)NC(Cc2ccccc2)CC(O)C(Cc2ccccc2)NC(=O)OCc2cncs2)C(C)C)cs1. The summed E-state index contributed by atoms with van der Waals surface area (Å²) >= 11 is 2.89. The normalized spacial score (nSPS) is 13.7. The number of aliphatic hydroxyl groups is 1. The molecule has 4 aromatic rings. The Hall–Kier alpha value is -4.33. The minimum absolute atomic E-state index is 0.00718. The summed E-state index contributed by atoms with van der Waals surface area (Å²) in [5.41, 5.74) is 4.18. The minimum Gasteiger partial charge on any atom is -0.444 e. The Morgan fingerprint density at radius 3 is 2.04 bits per heavy atom. The van der Waals surface area contributed by atoms with Gasteiger partial charge >= 0.3 is 12.2 Å². The number of aromatic nitrogens is 2. The van der Waals surface area contributed by atoms with Crippen molar-refractivity contribution >= 4 is 40.8 Å². The predicted molar refractivity (Wildman–Crippen MR) is 190 cm³/mol. The van der Waals surface area contributed by atoms with Crippen LogP contribution in [-0.2, 0) is 40.3 Å². The first-order chi connectivity index (χ1) is 23.6. The molecule has 4 N–H and O–H groups in total. The molecular weight excluding hydrogens is 663 g/mol. The Kier molecular flexibility index (Phi) is 14.5. The number of carbonyl (C=O) groups is 3. The van der Waals surface area contributed by atoms with Crippen molar-refractivity contribution in [3.05, 3.63) is 104 Å². The molecule has 2 aromatic heterocycles. The first-order valence-electron chi connectivity index (χ1n) is 16.3. The van der Waals surface area contributed by atoms with Crippen molar-refractivity contribution in [3.8, 4) is 0 Å². The number of rotatable bonds is 17. The van der Waals surface area contributed by atoms with E-state index in [2.05, 4.69) is 25.9 Å². The molecule has 0 aliphatic heterocycles. The van der Waals surface area contributed by atoms with Gasteiger partial charge in [0, 0.05) is 23.5 Å². The van der Waals surface area contributed by atoms with E-state index < -0.39 is 42.3 Å². The largest absolute Gasteiger partial charge is 0.444 e. The summed E-state index contributed by atoms with van der Waals surface area (Å²) in [6.07, 6.45) is 0.0411. The van der Waals surface area contributed by atoms with Crippen LogP contribution in [0.25, 0.3) is 0 Å². The third-order valence-electron chi connectivity index (χ3n) is 7.73. The fraction of sp³-hybridized carbons (Fsp3) is 0.417. The quantitative estimate of drug-likeness (QED) is 0.105. The van der Waals surface area contributed by atoms with Gasteiger partial charge in [0.15, 0.2) is 0 Å². The summed E-state index contributed by atoms with van der Waals surface area (Å²) < 4.78 is 10.8. The van der Waals surface area contributed by atoms with E-state index in [1.165, 1.54) is 22.7 Å². The van der Waals surface area contributed by atoms with Gasteiger partial charge in [-0.15, -0.1) is 22.7 Å². The first-order valence-corrected chi connectivity index (χ1v) is 18.1. The van der Waals surface area contributed by atoms with Gasteiger partial charge in [0.2, 0.25) is 5.91 Å². The number of amides is 3. The molecule has 2 aromatic carbocycles. The number of hydrogen-bond acceptors (Lipinski definition) is 10. The fourth-order valence-corrected chi connectivity index (χ4v) is 6.46. The lowest BCUT2D eigenvalue weighted by atomic mass is 9.93. The molecule has 0 radical (unpaired) electrons. The van der Waals surface area contributed by atoms with Crippen molar-refractivity contribution in [1.29, 1.82) is 0 Å². The fourth-order valence-electron chi connectivity index (χ4n) is 5.13. The number of hydrogen-bond donors (Lipinski definition) is 4. The molecular formula is C36H45N5O6S2. The molecule has 3 amide bonds. The highest BCUT2D eigenvalue weighted by Crippen LogP contribution is 2.20. The van der Waals surface area contributed by atoms with Crippen molar-refractivity contribution < 1.29 is 29.0 Å². The van der Waals surface area contributed by atoms with Gasteiger partial charge in [-0.05, 0) is 36.3 Å². The van der Waals surface area contributed by atoms with E-state index in [0.29, 0.717) is 18.5 Å². The van der Waals surface area contributed by atoms with Crippen LogP contribution in [0.2, 0.25) is 0 Å². The Morgan fingerprint density at radius 2 is 1.45 bits per heavy atom. The van der Waals surface area contributed by atoms with Crippen LogP contribution in [0.5, 0.6) is 0 Å². The van der Waals surface area contributed by atoms with Crippen LogP contribution in [0, 0.1) is 5.92 Å². The molecule has 3 unspecified atom stereocenters. The second kappa shape index (κ2) is 19.0. The van der Waals surface area contributed by atoms with Crippen molar-refractivity contribution in [2.75, 3.05) is 0 Å². The molecule has 0 fully saturated rings. The zero-order valence-corrected chi connectivity index (χ0v) is 29.8. The molecule has 0 spiro atoms. The average molecular weight is 708 g/mol. The summed E-state index contributed by atoms with van der Waals surface area (Å²) in [5.74, 6) is -0.397. The van der Waals surface area contributed by atoms with Gasteiger partial charge < -0.3 is 30.5 Å². The molecule has 0 bridgehead atoms. The van der Waals surface area contributed by atoms with E-state index in [1.54, 1.807) is 11.7 Å². The van der Waals surface area contributed by atoms with Crippen LogP contribution in [0.4, 0.5) is 9.59 Å². The number of nitrogens with one attached hydrogen (secondary N) is 3. The smallest absolute Gasteiger partial charge is 0.408 e. The Bertz CT molecular complexity index is 1580. The number of benzene rings is 2. The van der Waals surface area contributed by atoms with Gasteiger partial charge in [-0.25, -0.2) is 14.6 Å². The number of thiazole rings is 2. The highest BCUT2D eigenvalue weighted by Gasteiger charge is 2.30. The van der Waals surface area contributed by atoms with Crippen LogP contribution in [0.1, 0.15) is 66.7 Å². The van der Waals surface area contributed by atoms with E-state index in [-0.39, 0.29) is 31.5 Å². The van der Waals surface area contributed by atoms with Crippen molar-refractivity contribution in [2.24, 2.45) is 5.92 Å². The van der Waals surface area contributed by atoms with E-state index in [4.69, 9.17) is 9.47 Å². The highest BCUT2D eigenvalue weighted by molar-refractivity contribution is 7.09. The molecule has 49 heavy (non-hydrogen) atoms. The maximum absolute atomic E-state index is 13.7. The number of aliphatic hydroxyl groups excluding tert-OH is 1. The lowest BCUT2D eigenvalue weighted by Gasteiger charge is -2.30. The topological polar surface area (TPSA) is 152 Å². The maximum Gasteiger partial charge on any atom is 0.408 e. The Morgan fingerprint density at radius 1 is 0.816 bits per heavy atom. The lowest BCUT2D eigenvalue weighted by molar-refractivity contribution is -0.125. The molecule has 0 aliphatic carbocycles. The molecule has 13 heteroatoms. The summed E-state index contributed by atoms with van der Waals surface area (Å²) in [6, 6.07) is 17.0. The van der Waals surface area contributed by atoms with Crippen molar-refractivity contribution in [3.63, 3.8) is 0 Å². The molecule has 262 valence electrons. The zero-order valence-electron chi connectivity index (χ0n) is 28.2. The average Bonchev–Trinajstić information content (AvgIpc) is 3.79. The zero-order chi connectivity index (χ0) is 35.2. The lowest BCUT2D eigenvalue weighted by Crippen LogP contribution is -2.54. The number of alkyl carbamates (subject to hydrolysis) is 2. The van der Waals surface area contributed by atoms with E-state index >= 15 is 0 Å². The van der Waals surface area contributed by atoms with Crippen molar-refractivity contribution in [1.82, 2.24) is 25.9 Å². The predicted octanol–water partition coefficient (Wildman–Crippen LogP) is 5.99. The third-order valence-corrected chi connectivity index (χ3v) is 9.68. The van der Waals surface area contributed by atoms with E-state index in [0.717, 1.165) is 21.0 Å². The minimum atomic E-state index is -1.06. The van der Waals surface area contributed by atoms with Crippen LogP contribution in [0.15, 0.2) is 77.8 Å². The summed E-state index contributed by atoms with van der Waals surface area (Å²) in [5, 5.41) is 23.0. The van der Waals surface area contributed by atoms with Gasteiger partial charge in [-0.2, -0.15) is 0 Å². The van der Waals surface area contributed by atoms with Crippen molar-refractivity contribution in [2.45, 2.75) is 90.3 Å². The summed E-state index contributed by atoms with van der Waals surface area (Å²) in [7, 11) is 0. The highest BCUT2D eigenvalue weighted by atomic mass is 32.1. The number of nitrogens with zero attached hydrogens (tertiary/aromatic N) is 2. The van der Waals surface area contributed by atoms with Gasteiger partial charge in [-0.3, -0.25) is 9.78 Å². The molecule has 4 rings (SSSR count). The Balaban J connectivity index is 1.44. The van der Waals surface area contributed by atoms with Crippen LogP contribution in [-0.4, -0.2) is 57.4 Å². The first kappa shape index (κ1) is 37.5. The molecule has 0 aliphatic rings. The van der Waals surface area contributed by atoms with E-state index in [1.807, 2.05) is 93.7 Å². The third kappa shape index (κ3) is 12.6. The van der Waals surface area contributed by atoms with Crippen LogP contribution in [0.3, 0.4) is 0 Å². The maximum atomic E-state index is 13.7. The standard InChI is InChI=1S/C36H45N5O6S2/c1-23(2)32(41-36(45)46-19-28-21-48-34(39-28)24(3)4)33(43)38-27(15-25-11-7-5-8-12-25)17-31(42)30(16-26-13-9-6-10-14-26)40-35(44)47-20-29-18-37-22-49-29/h5-14,18,21-24,27,30-32,42H,15-17,19-20H2,1-4H3,(H,38,43)(H,40,44)(H,41,45)/t27?,30?,31?,32-/m0/s1. The summed E-state index contributed by atoms with van der Waals surface area (Å²) in [6.45, 7) is 7.81. The van der Waals surface area contributed by atoms with Crippen LogP contribution < -0.4 is 16.0 Å². The monoisotopic (exact) mass is 707 g/mol. The molecule has 2 heterocycles. The molecule has 11 nitrogen and oxygen atoms in total. The van der Waals surface area contributed by atoms with Gasteiger partial charge in [0.25, 0.3) is 0 Å². The second-order valence-corrected chi connectivity index (χ2v) is 14.3. The number of carbonyl (C=O) groups excluding carboxylic acids is 3. The Labute approximate surface area is 295 Å². The summed E-state index contributed by atoms with van der Waals surface area (Å²) in [4.78, 5) is 48.7. The van der Waals surface area contributed by atoms with Gasteiger partial charge in [-0.1, -0.05) is 88.4 Å². The second-order valence-electron chi connectivity index (χ2n) is 12.5. The molecule has 0 saturated carbocycles. The van der Waals surface area contributed by atoms with Gasteiger partial charge in [0.1, 0.15) is 19.3 Å². The van der Waals surface area contributed by atoms with Crippen LogP contribution >= 0.6 is 22.7 Å².